The van der Waals surface area contributed by atoms with Gasteiger partial charge < -0.3 is 9.47 Å². The molecule has 0 aliphatic rings. The van der Waals surface area contributed by atoms with Crippen molar-refractivity contribution in [2.24, 2.45) is 0 Å². The van der Waals surface area contributed by atoms with E-state index in [1.54, 1.807) is 25.3 Å². The van der Waals surface area contributed by atoms with Crippen LogP contribution < -0.4 is 14.2 Å². The highest BCUT2D eigenvalue weighted by molar-refractivity contribution is 7.92. The summed E-state index contributed by atoms with van der Waals surface area (Å²) in [6, 6.07) is 14.5. The van der Waals surface area contributed by atoms with E-state index in [1.165, 1.54) is 13.2 Å². The van der Waals surface area contributed by atoms with Gasteiger partial charge in [0.2, 0.25) is 10.0 Å². The Balaban J connectivity index is 2.06. The van der Waals surface area contributed by atoms with Crippen LogP contribution in [-0.2, 0) is 16.6 Å². The molecule has 5 nitrogen and oxygen atoms in total. The van der Waals surface area contributed by atoms with Gasteiger partial charge in [0.1, 0.15) is 0 Å². The highest BCUT2D eigenvalue weighted by atomic mass is 32.2. The van der Waals surface area contributed by atoms with Gasteiger partial charge in [0.25, 0.3) is 0 Å². The van der Waals surface area contributed by atoms with Gasteiger partial charge in [0, 0.05) is 12.0 Å². The molecule has 2 rings (SSSR count). The molecule has 122 valence electrons. The van der Waals surface area contributed by atoms with E-state index in [0.29, 0.717) is 17.1 Å². The molecule has 23 heavy (non-hydrogen) atoms. The standard InChI is InChI=1S/C17H19NO4S/c1-21-16-9-8-14(12-17(16)22-2)10-11-23(19,20)18-13-15-6-4-3-5-7-15/h3-12,18H,13H2,1-2H3/b11-10+. The molecule has 0 amide bonds. The minimum Gasteiger partial charge on any atom is -0.493 e. The highest BCUT2D eigenvalue weighted by Crippen LogP contribution is 2.28. The Labute approximate surface area is 136 Å². The predicted octanol–water partition coefficient (Wildman–Crippen LogP) is 2.79. The van der Waals surface area contributed by atoms with E-state index < -0.39 is 10.0 Å². The molecule has 0 radical (unpaired) electrons. The van der Waals surface area contributed by atoms with E-state index in [9.17, 15) is 8.42 Å². The van der Waals surface area contributed by atoms with Gasteiger partial charge in [-0.25, -0.2) is 13.1 Å². The lowest BCUT2D eigenvalue weighted by atomic mass is 10.2. The van der Waals surface area contributed by atoms with E-state index in [0.717, 1.165) is 11.0 Å². The summed E-state index contributed by atoms with van der Waals surface area (Å²) in [6.45, 7) is 0.249. The molecular weight excluding hydrogens is 314 g/mol. The first-order valence-electron chi connectivity index (χ1n) is 6.98. The first-order valence-corrected chi connectivity index (χ1v) is 8.52. The number of hydrogen-bond donors (Lipinski definition) is 1. The first kappa shape index (κ1) is 17.1. The summed E-state index contributed by atoms with van der Waals surface area (Å²) in [5, 5.41) is 1.14. The predicted molar refractivity (Wildman–Crippen MR) is 90.8 cm³/mol. The van der Waals surface area contributed by atoms with Crippen molar-refractivity contribution >= 4 is 16.1 Å². The number of ether oxygens (including phenoxy) is 2. The molecule has 0 aliphatic heterocycles. The molecule has 0 fully saturated rings. The smallest absolute Gasteiger partial charge is 0.234 e. The number of rotatable bonds is 7. The highest BCUT2D eigenvalue weighted by Gasteiger charge is 2.06. The van der Waals surface area contributed by atoms with E-state index in [2.05, 4.69) is 4.72 Å². The third kappa shape index (κ3) is 5.12. The molecule has 0 spiro atoms. The third-order valence-electron chi connectivity index (χ3n) is 3.17. The van der Waals surface area contributed by atoms with Crippen molar-refractivity contribution in [3.63, 3.8) is 0 Å². The molecule has 0 atom stereocenters. The van der Waals surface area contributed by atoms with Crippen molar-refractivity contribution in [3.8, 4) is 11.5 Å². The molecule has 0 saturated carbocycles. The molecule has 0 heterocycles. The molecular formula is C17H19NO4S. The lowest BCUT2D eigenvalue weighted by Gasteiger charge is -2.07. The first-order chi connectivity index (χ1) is 11.0. The average Bonchev–Trinajstić information content (AvgIpc) is 2.59. The molecule has 0 unspecified atom stereocenters. The molecule has 2 aromatic rings. The second-order valence-electron chi connectivity index (χ2n) is 4.77. The molecule has 6 heteroatoms. The monoisotopic (exact) mass is 333 g/mol. The number of hydrogen-bond acceptors (Lipinski definition) is 4. The van der Waals surface area contributed by atoms with E-state index in [-0.39, 0.29) is 6.54 Å². The van der Waals surface area contributed by atoms with Gasteiger partial charge in [-0.2, -0.15) is 0 Å². The summed E-state index contributed by atoms with van der Waals surface area (Å²) in [5.74, 6) is 1.14. The number of nitrogens with one attached hydrogen (secondary N) is 1. The fourth-order valence-corrected chi connectivity index (χ4v) is 2.75. The molecule has 0 aliphatic carbocycles. The van der Waals surface area contributed by atoms with E-state index in [4.69, 9.17) is 9.47 Å². The molecule has 0 saturated heterocycles. The largest absolute Gasteiger partial charge is 0.493 e. The van der Waals surface area contributed by atoms with E-state index >= 15 is 0 Å². The zero-order chi connectivity index (χ0) is 16.7. The van der Waals surface area contributed by atoms with Crippen LogP contribution in [0.3, 0.4) is 0 Å². The van der Waals surface area contributed by atoms with Gasteiger partial charge in [0.05, 0.1) is 14.2 Å². The lowest BCUT2D eigenvalue weighted by molar-refractivity contribution is 0.355. The third-order valence-corrected chi connectivity index (χ3v) is 4.21. The minimum absolute atomic E-state index is 0.249. The van der Waals surface area contributed by atoms with Crippen molar-refractivity contribution in [3.05, 3.63) is 65.1 Å². The van der Waals surface area contributed by atoms with Crippen LogP contribution in [0, 0.1) is 0 Å². The van der Waals surface area contributed by atoms with Crippen LogP contribution >= 0.6 is 0 Å². The zero-order valence-electron chi connectivity index (χ0n) is 13.0. The Kier molecular flexibility index (Phi) is 5.78. The zero-order valence-corrected chi connectivity index (χ0v) is 13.8. The fraction of sp³-hybridized carbons (Fsp3) is 0.176. The quantitative estimate of drug-likeness (QED) is 0.846. The summed E-state index contributed by atoms with van der Waals surface area (Å²) in [7, 11) is -0.438. The molecule has 1 N–H and O–H groups in total. The topological polar surface area (TPSA) is 64.6 Å². The second-order valence-corrected chi connectivity index (χ2v) is 6.42. The SMILES string of the molecule is COc1ccc(/C=C/S(=O)(=O)NCc2ccccc2)cc1OC. The average molecular weight is 333 g/mol. The maximum atomic E-state index is 12.0. The molecule has 2 aromatic carbocycles. The van der Waals surface area contributed by atoms with Gasteiger partial charge >= 0.3 is 0 Å². The van der Waals surface area contributed by atoms with Crippen molar-refractivity contribution < 1.29 is 17.9 Å². The number of methoxy groups -OCH3 is 2. The summed E-state index contributed by atoms with van der Waals surface area (Å²) < 4.78 is 36.9. The lowest BCUT2D eigenvalue weighted by Crippen LogP contribution is -2.20. The van der Waals surface area contributed by atoms with Gasteiger partial charge in [0.15, 0.2) is 11.5 Å². The van der Waals surface area contributed by atoms with Crippen molar-refractivity contribution in [1.29, 1.82) is 0 Å². The number of sulfonamides is 1. The summed E-state index contributed by atoms with van der Waals surface area (Å²) in [4.78, 5) is 0. The number of benzene rings is 2. The second kappa shape index (κ2) is 7.80. The van der Waals surface area contributed by atoms with Gasteiger partial charge in [-0.05, 0) is 29.3 Å². The van der Waals surface area contributed by atoms with Crippen LogP contribution in [0.2, 0.25) is 0 Å². The van der Waals surface area contributed by atoms with Crippen LogP contribution in [-0.4, -0.2) is 22.6 Å². The van der Waals surface area contributed by atoms with Crippen molar-refractivity contribution in [1.82, 2.24) is 4.72 Å². The minimum atomic E-state index is -3.52. The Morgan fingerprint density at radius 1 is 1.00 bits per heavy atom. The Bertz CT molecular complexity index is 770. The van der Waals surface area contributed by atoms with Crippen LogP contribution in [0.25, 0.3) is 6.08 Å². The van der Waals surface area contributed by atoms with Gasteiger partial charge in [-0.1, -0.05) is 36.4 Å². The Morgan fingerprint density at radius 2 is 1.70 bits per heavy atom. The van der Waals surface area contributed by atoms with E-state index in [1.807, 2.05) is 30.3 Å². The molecule has 0 aromatic heterocycles. The van der Waals surface area contributed by atoms with Crippen LogP contribution in [0.1, 0.15) is 11.1 Å². The summed E-state index contributed by atoms with van der Waals surface area (Å²) in [5.41, 5.74) is 1.60. The molecule has 0 bridgehead atoms. The fourth-order valence-electron chi connectivity index (χ4n) is 1.95. The maximum absolute atomic E-state index is 12.0. The summed E-state index contributed by atoms with van der Waals surface area (Å²) in [6.07, 6.45) is 1.51. The van der Waals surface area contributed by atoms with Crippen molar-refractivity contribution in [2.45, 2.75) is 6.54 Å². The van der Waals surface area contributed by atoms with Gasteiger partial charge in [-0.15, -0.1) is 0 Å². The normalized spacial score (nSPS) is 11.6. The van der Waals surface area contributed by atoms with Crippen molar-refractivity contribution in [2.75, 3.05) is 14.2 Å². The van der Waals surface area contributed by atoms with Crippen LogP contribution in [0.4, 0.5) is 0 Å². The van der Waals surface area contributed by atoms with Gasteiger partial charge in [-0.3, -0.25) is 0 Å². The Morgan fingerprint density at radius 3 is 2.35 bits per heavy atom. The van der Waals surface area contributed by atoms with Crippen LogP contribution in [0.5, 0.6) is 11.5 Å². The van der Waals surface area contributed by atoms with Crippen LogP contribution in [0.15, 0.2) is 53.9 Å². The maximum Gasteiger partial charge on any atom is 0.234 e. The summed E-state index contributed by atoms with van der Waals surface area (Å²) >= 11 is 0. The Hall–Kier alpha value is -2.31.